The van der Waals surface area contributed by atoms with Gasteiger partial charge in [-0.2, -0.15) is 0 Å². The highest BCUT2D eigenvalue weighted by atomic mass is 14.7. The fourth-order valence-electron chi connectivity index (χ4n) is 0.585. The Hall–Kier alpha value is -1.18. The van der Waals surface area contributed by atoms with Crippen LogP contribution in [0.25, 0.3) is 0 Å². The second kappa shape index (κ2) is 2.97. The summed E-state index contributed by atoms with van der Waals surface area (Å²) in [5, 5.41) is 0. The van der Waals surface area contributed by atoms with Crippen LogP contribution in [0.2, 0.25) is 0 Å². The zero-order chi connectivity index (χ0) is 6.53. The molecule has 0 aliphatic heterocycles. The van der Waals surface area contributed by atoms with Gasteiger partial charge in [0.25, 0.3) is 0 Å². The molecule has 46 valence electrons. The maximum Gasteiger partial charge on any atom is 0.0807 e. The van der Waals surface area contributed by atoms with Gasteiger partial charge in [0, 0.05) is 19.5 Å². The first-order chi connectivity index (χ1) is 4.43. The van der Waals surface area contributed by atoms with E-state index in [0.717, 1.165) is 5.69 Å². The van der Waals surface area contributed by atoms with Crippen LogP contribution in [-0.2, 0) is 0 Å². The molecule has 0 atom stereocenters. The third-order valence-corrected chi connectivity index (χ3v) is 0.949. The number of rotatable bonds is 1. The number of aliphatic imine (C=N–C) groups is 1. The highest BCUT2D eigenvalue weighted by Gasteiger charge is 1.80. The van der Waals surface area contributed by atoms with Gasteiger partial charge < -0.3 is 0 Å². The lowest BCUT2D eigenvalue weighted by molar-refractivity contribution is 1.29. The molecule has 0 unspecified atom stereocenters. The largest absolute Gasteiger partial charge is 0.294 e. The average molecular weight is 120 g/mol. The molecule has 1 aromatic heterocycles. The lowest BCUT2D eigenvalue weighted by atomic mass is 10.4. The topological polar surface area (TPSA) is 25.2 Å². The minimum Gasteiger partial charge on any atom is -0.294 e. The van der Waals surface area contributed by atoms with Crippen molar-refractivity contribution in [2.45, 2.75) is 0 Å². The molecule has 0 aliphatic carbocycles. The van der Waals surface area contributed by atoms with Crippen LogP contribution in [0.4, 0.5) is 0 Å². The van der Waals surface area contributed by atoms with E-state index in [1.165, 1.54) is 0 Å². The van der Waals surface area contributed by atoms with E-state index in [-0.39, 0.29) is 0 Å². The summed E-state index contributed by atoms with van der Waals surface area (Å²) < 4.78 is 0. The van der Waals surface area contributed by atoms with Crippen LogP contribution in [0.1, 0.15) is 5.69 Å². The summed E-state index contributed by atoms with van der Waals surface area (Å²) >= 11 is 0. The van der Waals surface area contributed by atoms with Gasteiger partial charge in [-0.25, -0.2) is 0 Å². The summed E-state index contributed by atoms with van der Waals surface area (Å²) in [6.45, 7) is 0. The molecule has 1 heterocycles. The van der Waals surface area contributed by atoms with Crippen LogP contribution in [-0.4, -0.2) is 18.2 Å². The van der Waals surface area contributed by atoms with Crippen molar-refractivity contribution in [1.82, 2.24) is 4.98 Å². The van der Waals surface area contributed by atoms with E-state index in [9.17, 15) is 0 Å². The minimum absolute atomic E-state index is 0.903. The highest BCUT2D eigenvalue weighted by molar-refractivity contribution is 5.76. The summed E-state index contributed by atoms with van der Waals surface area (Å²) in [5.41, 5.74) is 0.903. The molecular weight excluding hydrogens is 112 g/mol. The Bertz CT molecular complexity index is 191. The SMILES string of the molecule is C/N=C/c1ccccn1. The van der Waals surface area contributed by atoms with Crippen molar-refractivity contribution in [2.24, 2.45) is 4.99 Å². The predicted molar refractivity (Wildman–Crippen MR) is 37.8 cm³/mol. The molecule has 1 aromatic rings. The molecule has 9 heavy (non-hydrogen) atoms. The van der Waals surface area contributed by atoms with E-state index in [2.05, 4.69) is 9.98 Å². The van der Waals surface area contributed by atoms with Gasteiger partial charge >= 0.3 is 0 Å². The molecule has 0 aromatic carbocycles. The summed E-state index contributed by atoms with van der Waals surface area (Å²) in [6.07, 6.45) is 3.47. The van der Waals surface area contributed by atoms with Crippen LogP contribution in [0.5, 0.6) is 0 Å². The maximum absolute atomic E-state index is 4.02. The van der Waals surface area contributed by atoms with Crippen molar-refractivity contribution in [2.75, 3.05) is 7.05 Å². The molecular formula is C7H8N2. The minimum atomic E-state index is 0.903. The summed E-state index contributed by atoms with van der Waals surface area (Å²) in [6, 6.07) is 5.73. The lowest BCUT2D eigenvalue weighted by Gasteiger charge is -1.85. The number of hydrogen-bond donors (Lipinski definition) is 0. The van der Waals surface area contributed by atoms with Crippen LogP contribution in [0.15, 0.2) is 29.4 Å². The van der Waals surface area contributed by atoms with Crippen LogP contribution >= 0.6 is 0 Å². The zero-order valence-corrected chi connectivity index (χ0v) is 5.28. The fourth-order valence-corrected chi connectivity index (χ4v) is 0.585. The van der Waals surface area contributed by atoms with Crippen LogP contribution in [0, 0.1) is 0 Å². The predicted octanol–water partition coefficient (Wildman–Crippen LogP) is 1.13. The molecule has 1 rings (SSSR count). The number of nitrogens with zero attached hydrogens (tertiary/aromatic N) is 2. The molecule has 0 amide bonds. The van der Waals surface area contributed by atoms with E-state index in [0.29, 0.717) is 0 Å². The zero-order valence-electron chi connectivity index (χ0n) is 5.28. The molecule has 2 heteroatoms. The van der Waals surface area contributed by atoms with Crippen molar-refractivity contribution in [3.8, 4) is 0 Å². The van der Waals surface area contributed by atoms with E-state index < -0.39 is 0 Å². The Balaban J connectivity index is 2.85. The van der Waals surface area contributed by atoms with Crippen LogP contribution < -0.4 is 0 Å². The summed E-state index contributed by atoms with van der Waals surface area (Å²) in [7, 11) is 1.73. The quantitative estimate of drug-likeness (QED) is 0.510. The van der Waals surface area contributed by atoms with Crippen molar-refractivity contribution in [3.63, 3.8) is 0 Å². The first-order valence-corrected chi connectivity index (χ1v) is 2.76. The number of hydrogen-bond acceptors (Lipinski definition) is 2. The third kappa shape index (κ3) is 1.64. The Morgan fingerprint density at radius 1 is 1.56 bits per heavy atom. The van der Waals surface area contributed by atoms with Crippen molar-refractivity contribution >= 4 is 6.21 Å². The van der Waals surface area contributed by atoms with Gasteiger partial charge in [0.15, 0.2) is 0 Å². The average Bonchev–Trinajstić information content (AvgIpc) is 1.91. The molecule has 2 nitrogen and oxygen atoms in total. The standard InChI is InChI=1S/C7H8N2/c1-8-6-7-4-2-3-5-9-7/h2-6H,1H3/b8-6+. The van der Waals surface area contributed by atoms with E-state index in [1.807, 2.05) is 18.2 Å². The molecule has 0 fully saturated rings. The smallest absolute Gasteiger partial charge is 0.0807 e. The fraction of sp³-hybridized carbons (Fsp3) is 0.143. The molecule has 0 aliphatic rings. The molecule has 0 saturated carbocycles. The van der Waals surface area contributed by atoms with Gasteiger partial charge in [-0.15, -0.1) is 0 Å². The Morgan fingerprint density at radius 3 is 3.00 bits per heavy atom. The van der Waals surface area contributed by atoms with Crippen molar-refractivity contribution in [1.29, 1.82) is 0 Å². The van der Waals surface area contributed by atoms with Gasteiger partial charge in [-0.05, 0) is 12.1 Å². The molecule has 0 saturated heterocycles. The summed E-state index contributed by atoms with van der Waals surface area (Å²) in [5.74, 6) is 0. The Kier molecular flexibility index (Phi) is 1.96. The number of pyridine rings is 1. The normalized spacial score (nSPS) is 10.3. The first-order valence-electron chi connectivity index (χ1n) is 2.76. The molecule has 0 spiro atoms. The van der Waals surface area contributed by atoms with Gasteiger partial charge in [0.2, 0.25) is 0 Å². The van der Waals surface area contributed by atoms with E-state index >= 15 is 0 Å². The van der Waals surface area contributed by atoms with Crippen molar-refractivity contribution in [3.05, 3.63) is 30.1 Å². The second-order valence-corrected chi connectivity index (χ2v) is 1.64. The van der Waals surface area contributed by atoms with Gasteiger partial charge in [-0.3, -0.25) is 9.98 Å². The van der Waals surface area contributed by atoms with Gasteiger partial charge in [-0.1, -0.05) is 6.07 Å². The molecule has 0 bridgehead atoms. The molecule has 0 radical (unpaired) electrons. The third-order valence-electron chi connectivity index (χ3n) is 0.949. The van der Waals surface area contributed by atoms with E-state index in [1.54, 1.807) is 19.5 Å². The summed E-state index contributed by atoms with van der Waals surface area (Å²) in [4.78, 5) is 7.84. The Morgan fingerprint density at radius 2 is 2.44 bits per heavy atom. The Labute approximate surface area is 54.3 Å². The second-order valence-electron chi connectivity index (χ2n) is 1.64. The monoisotopic (exact) mass is 120 g/mol. The number of aromatic nitrogens is 1. The molecule has 0 N–H and O–H groups in total. The maximum atomic E-state index is 4.02. The van der Waals surface area contributed by atoms with Crippen molar-refractivity contribution < 1.29 is 0 Å². The highest BCUT2D eigenvalue weighted by Crippen LogP contribution is 1.86. The van der Waals surface area contributed by atoms with Gasteiger partial charge in [0.05, 0.1) is 5.69 Å². The van der Waals surface area contributed by atoms with Gasteiger partial charge in [0.1, 0.15) is 0 Å². The lowest BCUT2D eigenvalue weighted by Crippen LogP contribution is -1.82. The van der Waals surface area contributed by atoms with Crippen LogP contribution in [0.3, 0.4) is 0 Å². The van der Waals surface area contributed by atoms with E-state index in [4.69, 9.17) is 0 Å². The first kappa shape index (κ1) is 5.95.